The number of carbonyl (C=O) groups excluding carboxylic acids is 1. The van der Waals surface area contributed by atoms with E-state index >= 15 is 0 Å². The highest BCUT2D eigenvalue weighted by molar-refractivity contribution is 7.89. The van der Waals surface area contributed by atoms with Crippen molar-refractivity contribution >= 4 is 42.6 Å². The Morgan fingerprint density at radius 3 is 2.54 bits per heavy atom. The van der Waals surface area contributed by atoms with Gasteiger partial charge in [0.15, 0.2) is 5.13 Å². The zero-order valence-electron chi connectivity index (χ0n) is 21.2. The lowest BCUT2D eigenvalue weighted by Crippen LogP contribution is -2.39. The van der Waals surface area contributed by atoms with Crippen molar-refractivity contribution in [1.82, 2.24) is 14.2 Å². The molecule has 4 rings (SSSR count). The number of fused-ring (bicyclic) bond motifs is 1. The number of thiazole rings is 1. The van der Waals surface area contributed by atoms with Gasteiger partial charge in [0, 0.05) is 45.3 Å². The fraction of sp³-hybridized carbons (Fsp3) is 0.462. The maximum atomic E-state index is 13.8. The minimum atomic E-state index is -3.63. The highest BCUT2D eigenvalue weighted by atomic mass is 32.2. The minimum Gasteiger partial charge on any atom is -0.379 e. The SMILES string of the molecule is CCCCN(C)S(=O)(=O)c1ccc(C(=O)N(CCCN2CCOCC2)c2nc3ccc(F)cc3s2)cc1. The molecule has 0 bridgehead atoms. The number of hydrogen-bond donors (Lipinski definition) is 0. The lowest BCUT2D eigenvalue weighted by Gasteiger charge is -2.27. The first-order chi connectivity index (χ1) is 17.8. The second-order valence-electron chi connectivity index (χ2n) is 9.08. The molecule has 3 aromatic rings. The molecule has 0 aliphatic carbocycles. The van der Waals surface area contributed by atoms with Crippen molar-refractivity contribution in [2.24, 2.45) is 0 Å². The molecule has 200 valence electrons. The summed E-state index contributed by atoms with van der Waals surface area (Å²) in [6.45, 7) is 6.81. The van der Waals surface area contributed by atoms with Crippen LogP contribution in [-0.4, -0.2) is 81.5 Å². The fourth-order valence-electron chi connectivity index (χ4n) is 4.17. The Kier molecular flexibility index (Phi) is 9.25. The highest BCUT2D eigenvalue weighted by Gasteiger charge is 2.24. The Hall–Kier alpha value is -2.44. The molecule has 0 atom stereocenters. The number of morpholine rings is 1. The van der Waals surface area contributed by atoms with Crippen molar-refractivity contribution in [3.05, 3.63) is 53.8 Å². The van der Waals surface area contributed by atoms with Crippen molar-refractivity contribution < 1.29 is 22.3 Å². The van der Waals surface area contributed by atoms with Gasteiger partial charge in [-0.3, -0.25) is 14.6 Å². The van der Waals surface area contributed by atoms with Gasteiger partial charge in [-0.2, -0.15) is 0 Å². The van der Waals surface area contributed by atoms with Gasteiger partial charge in [0.05, 0.1) is 28.3 Å². The number of hydrogen-bond acceptors (Lipinski definition) is 7. The first-order valence-electron chi connectivity index (χ1n) is 12.5. The number of carbonyl (C=O) groups is 1. The molecule has 1 saturated heterocycles. The molecule has 0 saturated carbocycles. The number of nitrogens with zero attached hydrogens (tertiary/aromatic N) is 4. The van der Waals surface area contributed by atoms with Gasteiger partial charge in [0.2, 0.25) is 10.0 Å². The third kappa shape index (κ3) is 6.71. The quantitative estimate of drug-likeness (QED) is 0.357. The molecule has 0 spiro atoms. The highest BCUT2D eigenvalue weighted by Crippen LogP contribution is 2.30. The average molecular weight is 549 g/mol. The molecule has 2 heterocycles. The van der Waals surface area contributed by atoms with Gasteiger partial charge >= 0.3 is 0 Å². The molecule has 1 aliphatic heterocycles. The van der Waals surface area contributed by atoms with E-state index in [0.29, 0.717) is 47.2 Å². The third-order valence-corrected chi connectivity index (χ3v) is 9.32. The van der Waals surface area contributed by atoms with Crippen molar-refractivity contribution in [3.8, 4) is 0 Å². The van der Waals surface area contributed by atoms with E-state index in [1.807, 2.05) is 6.92 Å². The van der Waals surface area contributed by atoms with Crippen LogP contribution in [0.3, 0.4) is 0 Å². The van der Waals surface area contributed by atoms with E-state index in [9.17, 15) is 17.6 Å². The Morgan fingerprint density at radius 2 is 1.84 bits per heavy atom. The van der Waals surface area contributed by atoms with Gasteiger partial charge in [0.1, 0.15) is 5.82 Å². The lowest BCUT2D eigenvalue weighted by molar-refractivity contribution is 0.0376. The monoisotopic (exact) mass is 548 g/mol. The molecular formula is C26H33FN4O4S2. The number of halogens is 1. The summed E-state index contributed by atoms with van der Waals surface area (Å²) in [5.41, 5.74) is 0.996. The number of sulfonamides is 1. The third-order valence-electron chi connectivity index (χ3n) is 6.41. The number of unbranched alkanes of at least 4 members (excludes halogenated alkanes) is 1. The minimum absolute atomic E-state index is 0.150. The predicted molar refractivity (Wildman–Crippen MR) is 144 cm³/mol. The van der Waals surface area contributed by atoms with E-state index in [-0.39, 0.29) is 16.6 Å². The molecular weight excluding hydrogens is 515 g/mol. The smallest absolute Gasteiger partial charge is 0.260 e. The molecule has 1 fully saturated rings. The molecule has 0 N–H and O–H groups in total. The Labute approximate surface area is 221 Å². The van der Waals surface area contributed by atoms with E-state index in [0.717, 1.165) is 38.9 Å². The molecule has 37 heavy (non-hydrogen) atoms. The molecule has 8 nitrogen and oxygen atoms in total. The van der Waals surface area contributed by atoms with Crippen molar-refractivity contribution in [2.45, 2.75) is 31.1 Å². The molecule has 2 aromatic carbocycles. The Bertz CT molecular complexity index is 1310. The summed E-state index contributed by atoms with van der Waals surface area (Å²) in [6.07, 6.45) is 2.40. The van der Waals surface area contributed by atoms with Crippen molar-refractivity contribution in [2.75, 3.05) is 57.9 Å². The first-order valence-corrected chi connectivity index (χ1v) is 14.8. The normalized spacial score (nSPS) is 14.9. The molecule has 11 heteroatoms. The fourth-order valence-corrected chi connectivity index (χ4v) is 6.39. The van der Waals surface area contributed by atoms with E-state index in [1.54, 1.807) is 30.1 Å². The van der Waals surface area contributed by atoms with Crippen LogP contribution in [0.4, 0.5) is 9.52 Å². The molecule has 1 aromatic heterocycles. The molecule has 1 aliphatic rings. The summed E-state index contributed by atoms with van der Waals surface area (Å²) in [4.78, 5) is 22.3. The van der Waals surface area contributed by atoms with E-state index < -0.39 is 10.0 Å². The van der Waals surface area contributed by atoms with Gasteiger partial charge in [0.25, 0.3) is 5.91 Å². The number of ether oxygens (including phenoxy) is 1. The topological polar surface area (TPSA) is 83.1 Å². The molecule has 0 radical (unpaired) electrons. The summed E-state index contributed by atoms with van der Waals surface area (Å²) in [5.74, 6) is -0.626. The van der Waals surface area contributed by atoms with E-state index in [4.69, 9.17) is 4.74 Å². The maximum Gasteiger partial charge on any atom is 0.260 e. The number of anilines is 1. The van der Waals surface area contributed by atoms with Crippen LogP contribution in [0.5, 0.6) is 0 Å². The van der Waals surface area contributed by atoms with Gasteiger partial charge in [-0.25, -0.2) is 22.1 Å². The largest absolute Gasteiger partial charge is 0.379 e. The summed E-state index contributed by atoms with van der Waals surface area (Å²) in [5, 5.41) is 0.489. The van der Waals surface area contributed by atoms with E-state index in [1.165, 1.54) is 39.9 Å². The summed E-state index contributed by atoms with van der Waals surface area (Å²) < 4.78 is 46.9. The maximum absolute atomic E-state index is 13.8. The first kappa shape index (κ1) is 27.6. The standard InChI is InChI=1S/C26H33FN4O4S2/c1-3-4-12-29(2)37(33,34)22-9-6-20(7-10-22)25(32)31(14-5-13-30-15-17-35-18-16-30)26-28-23-11-8-21(27)19-24(23)36-26/h6-11,19H,3-5,12-18H2,1-2H3. The van der Waals surface area contributed by atoms with Gasteiger partial charge in [-0.15, -0.1) is 0 Å². The van der Waals surface area contributed by atoms with Crippen LogP contribution in [0.25, 0.3) is 10.2 Å². The Balaban J connectivity index is 1.55. The zero-order valence-corrected chi connectivity index (χ0v) is 22.9. The second kappa shape index (κ2) is 12.4. The lowest BCUT2D eigenvalue weighted by atomic mass is 10.2. The second-order valence-corrected chi connectivity index (χ2v) is 12.1. The Morgan fingerprint density at radius 1 is 1.11 bits per heavy atom. The van der Waals surface area contributed by atoms with Crippen molar-refractivity contribution in [1.29, 1.82) is 0 Å². The number of aromatic nitrogens is 1. The summed E-state index contributed by atoms with van der Waals surface area (Å²) >= 11 is 1.27. The van der Waals surface area contributed by atoms with Gasteiger partial charge in [-0.1, -0.05) is 24.7 Å². The van der Waals surface area contributed by atoms with Crippen LogP contribution >= 0.6 is 11.3 Å². The molecule has 1 amide bonds. The van der Waals surface area contributed by atoms with Gasteiger partial charge in [-0.05, 0) is 55.3 Å². The van der Waals surface area contributed by atoms with Crippen LogP contribution in [0.1, 0.15) is 36.5 Å². The predicted octanol–water partition coefficient (Wildman–Crippen LogP) is 4.23. The van der Waals surface area contributed by atoms with Crippen LogP contribution in [0.15, 0.2) is 47.4 Å². The summed E-state index contributed by atoms with van der Waals surface area (Å²) in [7, 11) is -2.06. The van der Waals surface area contributed by atoms with Crippen LogP contribution in [0.2, 0.25) is 0 Å². The van der Waals surface area contributed by atoms with Crippen LogP contribution in [-0.2, 0) is 14.8 Å². The summed E-state index contributed by atoms with van der Waals surface area (Å²) in [6, 6.07) is 10.4. The average Bonchev–Trinajstić information content (AvgIpc) is 3.32. The number of amides is 1. The van der Waals surface area contributed by atoms with Crippen LogP contribution < -0.4 is 4.90 Å². The van der Waals surface area contributed by atoms with Crippen molar-refractivity contribution in [3.63, 3.8) is 0 Å². The zero-order chi connectivity index (χ0) is 26.4. The van der Waals surface area contributed by atoms with Gasteiger partial charge < -0.3 is 4.74 Å². The number of benzene rings is 2. The molecule has 0 unspecified atom stereocenters. The van der Waals surface area contributed by atoms with E-state index in [2.05, 4.69) is 9.88 Å². The number of rotatable bonds is 11. The van der Waals surface area contributed by atoms with Crippen LogP contribution in [0, 0.1) is 5.82 Å².